The number of fused-ring (bicyclic) bond motifs is 1. The average Bonchev–Trinajstić information content (AvgIpc) is 3.35. The van der Waals surface area contributed by atoms with Gasteiger partial charge in [0, 0.05) is 5.69 Å². The molecule has 0 saturated carbocycles. The highest BCUT2D eigenvalue weighted by molar-refractivity contribution is 6.10. The maximum absolute atomic E-state index is 13.5. The molecule has 0 bridgehead atoms. The molecule has 1 saturated heterocycles. The molecule has 0 radical (unpaired) electrons. The minimum Gasteiger partial charge on any atom is -0.462 e. The van der Waals surface area contributed by atoms with E-state index in [1.165, 1.54) is 11.1 Å². The van der Waals surface area contributed by atoms with Crippen LogP contribution in [-0.4, -0.2) is 51.0 Å². The molecular formula is C27H32N4O5. The number of carbonyl (C=O) groups is 4. The van der Waals surface area contributed by atoms with Gasteiger partial charge in [0.15, 0.2) is 0 Å². The smallest absolute Gasteiger partial charge is 0.341 e. The first-order valence-electron chi connectivity index (χ1n) is 12.4. The van der Waals surface area contributed by atoms with E-state index in [1.807, 2.05) is 26.0 Å². The molecule has 2 aliphatic rings. The second-order valence-corrected chi connectivity index (χ2v) is 9.66. The summed E-state index contributed by atoms with van der Waals surface area (Å²) in [6, 6.07) is 6.15. The number of carbonyl (C=O) groups excluding carboxylic acids is 4. The summed E-state index contributed by atoms with van der Waals surface area (Å²) in [6.45, 7) is 7.69. The van der Waals surface area contributed by atoms with Crippen LogP contribution in [0, 0.1) is 24.7 Å². The van der Waals surface area contributed by atoms with Gasteiger partial charge in [-0.15, -0.1) is 0 Å². The van der Waals surface area contributed by atoms with Crippen molar-refractivity contribution in [3.05, 3.63) is 53.9 Å². The molecule has 36 heavy (non-hydrogen) atoms. The van der Waals surface area contributed by atoms with Gasteiger partial charge in [-0.25, -0.2) is 9.48 Å². The lowest BCUT2D eigenvalue weighted by atomic mass is 9.85. The average molecular weight is 493 g/mol. The molecule has 1 aromatic carbocycles. The van der Waals surface area contributed by atoms with Crippen molar-refractivity contribution in [1.82, 2.24) is 14.7 Å². The third kappa shape index (κ3) is 4.82. The molecule has 9 heteroatoms. The maximum atomic E-state index is 13.5. The number of ether oxygens (including phenoxy) is 1. The summed E-state index contributed by atoms with van der Waals surface area (Å²) < 4.78 is 6.68. The van der Waals surface area contributed by atoms with E-state index in [9.17, 15) is 19.2 Å². The number of benzene rings is 1. The summed E-state index contributed by atoms with van der Waals surface area (Å²) in [5.74, 6) is -2.04. The standard InChI is InChI=1S/C27H32N4O5/c1-5-36-27(35)22-15-28-31(17(22)4)19-10-8-9-18(14-19)29-24(32)23(13-16(2)3)30-25(33)20-11-6-7-12-21(20)26(30)34/h6-10,14-16,20-21,23H,5,11-13H2,1-4H3,(H,29,32)/t20-,21+,23-/m1/s1. The molecule has 1 aliphatic carbocycles. The van der Waals surface area contributed by atoms with Crippen LogP contribution in [0.15, 0.2) is 42.6 Å². The number of allylic oxidation sites excluding steroid dienone is 2. The summed E-state index contributed by atoms with van der Waals surface area (Å²) in [6.07, 6.45) is 6.75. The zero-order valence-electron chi connectivity index (χ0n) is 21.1. The Morgan fingerprint density at radius 1 is 1.14 bits per heavy atom. The second-order valence-electron chi connectivity index (χ2n) is 9.66. The quantitative estimate of drug-likeness (QED) is 0.342. The van der Waals surface area contributed by atoms with E-state index in [2.05, 4.69) is 10.4 Å². The molecule has 2 aromatic rings. The minimum atomic E-state index is -0.888. The Hall–Kier alpha value is -3.75. The predicted octanol–water partition coefficient (Wildman–Crippen LogP) is 3.66. The lowest BCUT2D eigenvalue weighted by molar-refractivity contribution is -0.147. The first-order valence-corrected chi connectivity index (χ1v) is 12.4. The number of anilines is 1. The number of hydrogen-bond donors (Lipinski definition) is 1. The van der Waals surface area contributed by atoms with E-state index < -0.39 is 17.9 Å². The molecule has 4 rings (SSSR count). The SMILES string of the molecule is CCOC(=O)c1cnn(-c2cccc(NC(=O)[C@@H](CC(C)C)N3C(=O)[C@H]4CC=CC[C@H]4C3=O)c2)c1C. The van der Waals surface area contributed by atoms with Crippen LogP contribution >= 0.6 is 0 Å². The maximum Gasteiger partial charge on any atom is 0.341 e. The van der Waals surface area contributed by atoms with Crippen molar-refractivity contribution in [2.75, 3.05) is 11.9 Å². The highest BCUT2D eigenvalue weighted by Crippen LogP contribution is 2.37. The summed E-state index contributed by atoms with van der Waals surface area (Å²) in [4.78, 5) is 53.1. The van der Waals surface area contributed by atoms with Crippen LogP contribution in [0.4, 0.5) is 5.69 Å². The number of hydrogen-bond acceptors (Lipinski definition) is 6. The van der Waals surface area contributed by atoms with Gasteiger partial charge in [0.25, 0.3) is 0 Å². The molecule has 1 N–H and O–H groups in total. The van der Waals surface area contributed by atoms with Gasteiger partial charge in [0.05, 0.1) is 36.0 Å². The lowest BCUT2D eigenvalue weighted by Gasteiger charge is -2.27. The molecule has 1 fully saturated rings. The van der Waals surface area contributed by atoms with Crippen LogP contribution in [0.3, 0.4) is 0 Å². The van der Waals surface area contributed by atoms with Crippen LogP contribution in [0.2, 0.25) is 0 Å². The normalized spacial score (nSPS) is 20.0. The van der Waals surface area contributed by atoms with E-state index >= 15 is 0 Å². The van der Waals surface area contributed by atoms with Crippen LogP contribution < -0.4 is 5.32 Å². The zero-order chi connectivity index (χ0) is 26.0. The molecule has 3 amide bonds. The third-order valence-electron chi connectivity index (χ3n) is 6.71. The minimum absolute atomic E-state index is 0.0986. The van der Waals surface area contributed by atoms with Crippen molar-refractivity contribution in [3.63, 3.8) is 0 Å². The van der Waals surface area contributed by atoms with Crippen molar-refractivity contribution in [2.24, 2.45) is 17.8 Å². The lowest BCUT2D eigenvalue weighted by Crippen LogP contribution is -2.48. The van der Waals surface area contributed by atoms with E-state index in [4.69, 9.17) is 4.74 Å². The van der Waals surface area contributed by atoms with Gasteiger partial charge in [-0.1, -0.05) is 32.1 Å². The fraction of sp³-hybridized carbons (Fsp3) is 0.444. The Morgan fingerprint density at radius 2 is 1.81 bits per heavy atom. The van der Waals surface area contributed by atoms with Gasteiger partial charge < -0.3 is 10.1 Å². The van der Waals surface area contributed by atoms with Crippen molar-refractivity contribution >= 4 is 29.4 Å². The van der Waals surface area contributed by atoms with Crippen LogP contribution in [0.1, 0.15) is 56.1 Å². The molecule has 2 heterocycles. The Balaban J connectivity index is 1.57. The second kappa shape index (κ2) is 10.5. The van der Waals surface area contributed by atoms with E-state index in [1.54, 1.807) is 42.8 Å². The highest BCUT2D eigenvalue weighted by atomic mass is 16.5. The highest BCUT2D eigenvalue weighted by Gasteiger charge is 2.51. The molecule has 1 aliphatic heterocycles. The number of nitrogens with zero attached hydrogens (tertiary/aromatic N) is 3. The number of amides is 3. The Labute approximate surface area is 210 Å². The fourth-order valence-electron chi connectivity index (χ4n) is 4.93. The van der Waals surface area contributed by atoms with E-state index in [0.717, 1.165) is 0 Å². The summed E-state index contributed by atoms with van der Waals surface area (Å²) >= 11 is 0. The molecule has 190 valence electrons. The van der Waals surface area contributed by atoms with Gasteiger partial charge >= 0.3 is 5.97 Å². The van der Waals surface area contributed by atoms with Gasteiger partial charge in [0.1, 0.15) is 11.6 Å². The Kier molecular flexibility index (Phi) is 7.37. The number of aromatic nitrogens is 2. The number of imide groups is 1. The monoisotopic (exact) mass is 492 g/mol. The number of nitrogens with one attached hydrogen (secondary N) is 1. The Morgan fingerprint density at radius 3 is 2.42 bits per heavy atom. The van der Waals surface area contributed by atoms with Crippen LogP contribution in [-0.2, 0) is 19.1 Å². The first kappa shape index (κ1) is 25.3. The molecule has 9 nitrogen and oxygen atoms in total. The molecule has 1 aromatic heterocycles. The van der Waals surface area contributed by atoms with Crippen LogP contribution in [0.25, 0.3) is 5.69 Å². The Bertz CT molecular complexity index is 1190. The van der Waals surface area contributed by atoms with Gasteiger partial charge in [0.2, 0.25) is 17.7 Å². The van der Waals surface area contributed by atoms with E-state index in [-0.39, 0.29) is 36.2 Å². The van der Waals surface area contributed by atoms with Gasteiger partial charge in [-0.2, -0.15) is 5.10 Å². The summed E-state index contributed by atoms with van der Waals surface area (Å²) in [5.41, 5.74) is 2.12. The van der Waals surface area contributed by atoms with Crippen molar-refractivity contribution < 1.29 is 23.9 Å². The number of rotatable bonds is 8. The van der Waals surface area contributed by atoms with Gasteiger partial charge in [-0.05, 0) is 57.2 Å². The van der Waals surface area contributed by atoms with Crippen molar-refractivity contribution in [2.45, 2.75) is 53.0 Å². The molecule has 0 spiro atoms. The summed E-state index contributed by atoms with van der Waals surface area (Å²) in [7, 11) is 0. The molecule has 3 atom stereocenters. The largest absolute Gasteiger partial charge is 0.462 e. The number of esters is 1. The molecule has 0 unspecified atom stereocenters. The fourth-order valence-corrected chi connectivity index (χ4v) is 4.93. The number of likely N-dealkylation sites (tertiary alicyclic amines) is 1. The third-order valence-corrected chi connectivity index (χ3v) is 6.71. The van der Waals surface area contributed by atoms with Crippen LogP contribution in [0.5, 0.6) is 0 Å². The summed E-state index contributed by atoms with van der Waals surface area (Å²) in [5, 5.41) is 7.20. The predicted molar refractivity (Wildman–Crippen MR) is 133 cm³/mol. The van der Waals surface area contributed by atoms with Crippen molar-refractivity contribution in [3.8, 4) is 5.69 Å². The molecular weight excluding hydrogens is 460 g/mol. The first-order chi connectivity index (χ1) is 17.2. The van der Waals surface area contributed by atoms with Crippen molar-refractivity contribution in [1.29, 1.82) is 0 Å². The van der Waals surface area contributed by atoms with E-state index in [0.29, 0.717) is 41.9 Å². The topological polar surface area (TPSA) is 111 Å². The van der Waals surface area contributed by atoms with Gasteiger partial charge in [-0.3, -0.25) is 19.3 Å². The zero-order valence-corrected chi connectivity index (χ0v) is 21.1.